The third-order valence-corrected chi connectivity index (χ3v) is 6.31. The zero-order valence-electron chi connectivity index (χ0n) is 20.0. The number of fused-ring (bicyclic) bond motifs is 1. The summed E-state index contributed by atoms with van der Waals surface area (Å²) >= 11 is 0. The van der Waals surface area contributed by atoms with E-state index in [1.807, 2.05) is 43.3 Å². The Balaban J connectivity index is 0.00000304. The predicted octanol–water partition coefficient (Wildman–Crippen LogP) is 5.61. The fourth-order valence-corrected chi connectivity index (χ4v) is 4.47. The number of piperazine rings is 1. The Morgan fingerprint density at radius 1 is 0.972 bits per heavy atom. The van der Waals surface area contributed by atoms with Gasteiger partial charge in [-0.15, -0.1) is 22.6 Å². The number of nitrogens with one attached hydrogen (secondary N) is 1. The van der Waals surface area contributed by atoms with Crippen LogP contribution in [0.15, 0.2) is 72.8 Å². The Labute approximate surface area is 215 Å². The second-order valence-electron chi connectivity index (χ2n) is 8.57. The summed E-state index contributed by atoms with van der Waals surface area (Å²) in [7, 11) is 1.65. The van der Waals surface area contributed by atoms with Crippen LogP contribution < -0.4 is 15.0 Å². The Kier molecular flexibility index (Phi) is 7.55. The molecule has 2 amide bonds. The number of rotatable bonds is 4. The van der Waals surface area contributed by atoms with E-state index in [1.54, 1.807) is 24.1 Å². The maximum absolute atomic E-state index is 13.2. The zero-order chi connectivity index (χ0) is 24.4. The Hall–Kier alpha value is -3.91. The van der Waals surface area contributed by atoms with Crippen molar-refractivity contribution < 1.29 is 13.9 Å². The van der Waals surface area contributed by atoms with E-state index < -0.39 is 0 Å². The molecule has 7 nitrogen and oxygen atoms in total. The summed E-state index contributed by atoms with van der Waals surface area (Å²) < 4.78 is 18.4. The first-order valence-corrected chi connectivity index (χ1v) is 11.5. The Morgan fingerprint density at radius 2 is 1.67 bits per heavy atom. The van der Waals surface area contributed by atoms with E-state index in [9.17, 15) is 9.18 Å². The number of anilines is 2. The van der Waals surface area contributed by atoms with Crippen molar-refractivity contribution in [1.82, 2.24) is 15.1 Å². The van der Waals surface area contributed by atoms with Gasteiger partial charge in [-0.3, -0.25) is 0 Å². The molecule has 1 fully saturated rings. The van der Waals surface area contributed by atoms with Crippen molar-refractivity contribution in [3.63, 3.8) is 0 Å². The number of aromatic nitrogens is 2. The molecule has 1 aromatic heterocycles. The van der Waals surface area contributed by atoms with E-state index in [-0.39, 0.29) is 30.3 Å². The van der Waals surface area contributed by atoms with Crippen LogP contribution in [-0.2, 0) is 0 Å². The largest absolute Gasteiger partial charge is 0.497 e. The lowest BCUT2D eigenvalue weighted by molar-refractivity contribution is 0.184. The second kappa shape index (κ2) is 10.8. The lowest BCUT2D eigenvalue weighted by atomic mass is 10.0. The van der Waals surface area contributed by atoms with Crippen LogP contribution in [0.1, 0.15) is 6.92 Å². The van der Waals surface area contributed by atoms with Gasteiger partial charge in [-0.25, -0.2) is 9.18 Å². The van der Waals surface area contributed by atoms with Gasteiger partial charge in [0.25, 0.3) is 0 Å². The summed E-state index contributed by atoms with van der Waals surface area (Å²) in [5.74, 6) is 1.26. The van der Waals surface area contributed by atoms with Gasteiger partial charge in [0, 0.05) is 47.7 Å². The van der Waals surface area contributed by atoms with Gasteiger partial charge >= 0.3 is 6.03 Å². The molecule has 36 heavy (non-hydrogen) atoms. The molecule has 0 saturated carbocycles. The van der Waals surface area contributed by atoms with Crippen molar-refractivity contribution in [2.24, 2.45) is 0 Å². The second-order valence-corrected chi connectivity index (χ2v) is 8.57. The number of urea groups is 1. The van der Waals surface area contributed by atoms with Crippen LogP contribution >= 0.6 is 12.4 Å². The van der Waals surface area contributed by atoms with Crippen molar-refractivity contribution in [3.05, 3.63) is 78.6 Å². The van der Waals surface area contributed by atoms with Crippen molar-refractivity contribution in [3.8, 4) is 17.0 Å². The molecule has 0 radical (unpaired) electrons. The van der Waals surface area contributed by atoms with Crippen molar-refractivity contribution in [1.29, 1.82) is 0 Å². The molecule has 1 atom stereocenters. The van der Waals surface area contributed by atoms with Gasteiger partial charge in [-0.05, 0) is 55.5 Å². The van der Waals surface area contributed by atoms with E-state index in [0.717, 1.165) is 33.6 Å². The summed E-state index contributed by atoms with van der Waals surface area (Å²) in [6.07, 6.45) is 0. The molecular weight excluding hydrogens is 481 g/mol. The SMILES string of the molecule is COc1ccc(-c2nnc(N3CCN(C(=O)Nc4ccc(F)cc4)C(C)C3)c3ccccc23)cc1.Cl. The fourth-order valence-electron chi connectivity index (χ4n) is 4.47. The van der Waals surface area contributed by atoms with Crippen molar-refractivity contribution in [2.45, 2.75) is 13.0 Å². The monoisotopic (exact) mass is 507 g/mol. The van der Waals surface area contributed by atoms with Gasteiger partial charge < -0.3 is 19.9 Å². The van der Waals surface area contributed by atoms with Gasteiger partial charge in [0.05, 0.1) is 7.11 Å². The molecule has 0 aliphatic carbocycles. The number of methoxy groups -OCH3 is 1. The lowest BCUT2D eigenvalue weighted by Gasteiger charge is -2.40. The number of amides is 2. The van der Waals surface area contributed by atoms with Gasteiger partial charge in [-0.2, -0.15) is 0 Å². The van der Waals surface area contributed by atoms with Crippen LogP contribution in [0.5, 0.6) is 5.75 Å². The average Bonchev–Trinajstić information content (AvgIpc) is 2.89. The van der Waals surface area contributed by atoms with E-state index in [1.165, 1.54) is 12.1 Å². The number of nitrogens with zero attached hydrogens (tertiary/aromatic N) is 4. The molecule has 5 rings (SSSR count). The minimum Gasteiger partial charge on any atom is -0.497 e. The minimum atomic E-state index is -0.337. The highest BCUT2D eigenvalue weighted by atomic mass is 35.5. The molecule has 4 aromatic rings. The molecule has 1 unspecified atom stereocenters. The summed E-state index contributed by atoms with van der Waals surface area (Å²) in [6.45, 7) is 3.79. The lowest BCUT2D eigenvalue weighted by Crippen LogP contribution is -2.55. The quantitative estimate of drug-likeness (QED) is 0.389. The first-order valence-electron chi connectivity index (χ1n) is 11.5. The molecule has 1 saturated heterocycles. The summed E-state index contributed by atoms with van der Waals surface area (Å²) in [4.78, 5) is 16.8. The molecule has 3 aromatic carbocycles. The Bertz CT molecular complexity index is 1350. The number of hydrogen-bond donors (Lipinski definition) is 1. The highest BCUT2D eigenvalue weighted by Crippen LogP contribution is 2.33. The first kappa shape index (κ1) is 25.2. The zero-order valence-corrected chi connectivity index (χ0v) is 20.8. The van der Waals surface area contributed by atoms with Gasteiger partial charge in [-0.1, -0.05) is 24.3 Å². The summed E-state index contributed by atoms with van der Waals surface area (Å²) in [6, 6.07) is 21.4. The third kappa shape index (κ3) is 5.04. The fraction of sp³-hybridized carbons (Fsp3) is 0.222. The van der Waals surface area contributed by atoms with Gasteiger partial charge in [0.15, 0.2) is 5.82 Å². The van der Waals surface area contributed by atoms with Crippen LogP contribution in [0.4, 0.5) is 20.7 Å². The van der Waals surface area contributed by atoms with E-state index in [2.05, 4.69) is 32.5 Å². The molecule has 1 aliphatic rings. The van der Waals surface area contributed by atoms with E-state index in [4.69, 9.17) is 4.74 Å². The number of carbonyl (C=O) groups is 1. The van der Waals surface area contributed by atoms with Gasteiger partial charge in [0.1, 0.15) is 17.3 Å². The molecule has 2 heterocycles. The molecular formula is C27H27ClFN5O2. The number of hydrogen-bond acceptors (Lipinski definition) is 5. The normalized spacial score (nSPS) is 15.4. The molecule has 0 bridgehead atoms. The molecule has 0 spiro atoms. The van der Waals surface area contributed by atoms with E-state index in [0.29, 0.717) is 25.3 Å². The number of ether oxygens (including phenoxy) is 1. The summed E-state index contributed by atoms with van der Waals surface area (Å²) in [5.41, 5.74) is 2.35. The smallest absolute Gasteiger partial charge is 0.322 e. The Morgan fingerprint density at radius 3 is 2.33 bits per heavy atom. The van der Waals surface area contributed by atoms with Crippen LogP contribution in [0.3, 0.4) is 0 Å². The van der Waals surface area contributed by atoms with Crippen LogP contribution in [0.2, 0.25) is 0 Å². The maximum Gasteiger partial charge on any atom is 0.322 e. The van der Waals surface area contributed by atoms with Crippen LogP contribution in [-0.4, -0.2) is 53.9 Å². The van der Waals surface area contributed by atoms with E-state index >= 15 is 0 Å². The highest BCUT2D eigenvalue weighted by molar-refractivity contribution is 6.00. The average molecular weight is 508 g/mol. The first-order chi connectivity index (χ1) is 17.0. The van der Waals surface area contributed by atoms with Crippen molar-refractivity contribution >= 4 is 40.7 Å². The molecule has 1 N–H and O–H groups in total. The van der Waals surface area contributed by atoms with Crippen LogP contribution in [0.25, 0.3) is 22.0 Å². The number of halogens is 2. The molecule has 1 aliphatic heterocycles. The highest BCUT2D eigenvalue weighted by Gasteiger charge is 2.29. The predicted molar refractivity (Wildman–Crippen MR) is 143 cm³/mol. The van der Waals surface area contributed by atoms with Gasteiger partial charge in [0.2, 0.25) is 0 Å². The minimum absolute atomic E-state index is 0. The van der Waals surface area contributed by atoms with Crippen LogP contribution in [0, 0.1) is 5.82 Å². The van der Waals surface area contributed by atoms with Crippen molar-refractivity contribution in [2.75, 3.05) is 37.0 Å². The third-order valence-electron chi connectivity index (χ3n) is 6.31. The standard InChI is InChI=1S/C27H26FN5O2.ClH/c1-18-17-32(15-16-33(18)27(34)29-21-11-9-20(28)10-12-21)26-24-6-4-3-5-23(24)25(30-31-26)19-7-13-22(35-2)14-8-19;/h3-14,18H,15-17H2,1-2H3,(H,29,34);1H. The number of benzene rings is 3. The summed E-state index contributed by atoms with van der Waals surface area (Å²) in [5, 5.41) is 14.1. The number of carbonyl (C=O) groups excluding carboxylic acids is 1. The topological polar surface area (TPSA) is 70.6 Å². The molecule has 9 heteroatoms. The maximum atomic E-state index is 13.2. The molecule has 186 valence electrons.